The molecule has 7 nitrogen and oxygen atoms in total. The van der Waals surface area contributed by atoms with Gasteiger partial charge in [0.15, 0.2) is 0 Å². The Morgan fingerprint density at radius 1 is 1.14 bits per heavy atom. The highest BCUT2D eigenvalue weighted by Gasteiger charge is 2.60. The minimum Gasteiger partial charge on any atom is -0.326 e. The zero-order valence-corrected chi connectivity index (χ0v) is 13.2. The van der Waals surface area contributed by atoms with Crippen LogP contribution in [-0.2, 0) is 0 Å². The van der Waals surface area contributed by atoms with Crippen LogP contribution in [0.25, 0.3) is 0 Å². The first-order chi connectivity index (χ1) is 9.22. The minimum atomic E-state index is -2.35. The first-order valence-electron chi connectivity index (χ1n) is 6.68. The normalized spacial score (nSPS) is 26.9. The van der Waals surface area contributed by atoms with E-state index in [2.05, 4.69) is 0 Å². The SMILES string of the molecule is CC(C)(C)C1=CC([N+](=O)[O-])=CC(C(C)(C)C)C1(O)[N+](=O)[O-]. The molecular formula is C14H22N2O5. The van der Waals surface area contributed by atoms with Crippen molar-refractivity contribution in [1.82, 2.24) is 0 Å². The van der Waals surface area contributed by atoms with Crippen LogP contribution in [0.1, 0.15) is 41.5 Å². The Balaban J connectivity index is 3.69. The molecule has 0 aromatic heterocycles. The predicted molar refractivity (Wildman–Crippen MR) is 77.5 cm³/mol. The Morgan fingerprint density at radius 3 is 1.90 bits per heavy atom. The molecule has 0 aromatic carbocycles. The lowest BCUT2D eigenvalue weighted by atomic mass is 9.64. The van der Waals surface area contributed by atoms with Crippen molar-refractivity contribution in [2.24, 2.45) is 16.7 Å². The van der Waals surface area contributed by atoms with E-state index >= 15 is 0 Å². The molecule has 0 spiro atoms. The maximum Gasteiger partial charge on any atom is 0.353 e. The van der Waals surface area contributed by atoms with Gasteiger partial charge in [0.25, 0.3) is 5.70 Å². The molecule has 118 valence electrons. The Hall–Kier alpha value is -1.76. The predicted octanol–water partition coefficient (Wildman–Crippen LogP) is 2.76. The number of hydrogen-bond donors (Lipinski definition) is 1. The first-order valence-corrected chi connectivity index (χ1v) is 6.68. The van der Waals surface area contributed by atoms with Gasteiger partial charge in [-0.05, 0) is 10.8 Å². The van der Waals surface area contributed by atoms with Crippen LogP contribution >= 0.6 is 0 Å². The van der Waals surface area contributed by atoms with Gasteiger partial charge in [-0.25, -0.2) is 0 Å². The molecule has 0 saturated heterocycles. The van der Waals surface area contributed by atoms with Crippen LogP contribution in [0.5, 0.6) is 0 Å². The summed E-state index contributed by atoms with van der Waals surface area (Å²) in [6, 6.07) is 0. The summed E-state index contributed by atoms with van der Waals surface area (Å²) >= 11 is 0. The van der Waals surface area contributed by atoms with Gasteiger partial charge >= 0.3 is 5.72 Å². The summed E-state index contributed by atoms with van der Waals surface area (Å²) < 4.78 is 0. The smallest absolute Gasteiger partial charge is 0.326 e. The third kappa shape index (κ3) is 2.97. The van der Waals surface area contributed by atoms with Gasteiger partial charge in [-0.1, -0.05) is 41.5 Å². The summed E-state index contributed by atoms with van der Waals surface area (Å²) in [5.41, 5.74) is -4.01. The van der Waals surface area contributed by atoms with Crippen molar-refractivity contribution in [3.05, 3.63) is 43.7 Å². The van der Waals surface area contributed by atoms with Crippen LogP contribution in [0.3, 0.4) is 0 Å². The number of hydrogen-bond acceptors (Lipinski definition) is 5. The molecular weight excluding hydrogens is 276 g/mol. The molecule has 0 fully saturated rings. The van der Waals surface area contributed by atoms with Crippen molar-refractivity contribution >= 4 is 0 Å². The molecule has 21 heavy (non-hydrogen) atoms. The third-order valence-corrected chi connectivity index (χ3v) is 3.69. The van der Waals surface area contributed by atoms with Gasteiger partial charge in [0, 0.05) is 17.7 Å². The van der Waals surface area contributed by atoms with Crippen molar-refractivity contribution in [3.63, 3.8) is 0 Å². The molecule has 0 heterocycles. The largest absolute Gasteiger partial charge is 0.353 e. The van der Waals surface area contributed by atoms with E-state index < -0.39 is 32.3 Å². The Labute approximate surface area is 123 Å². The maximum absolute atomic E-state index is 11.6. The van der Waals surface area contributed by atoms with Gasteiger partial charge in [-0.3, -0.25) is 20.2 Å². The fourth-order valence-electron chi connectivity index (χ4n) is 2.70. The molecule has 2 atom stereocenters. The quantitative estimate of drug-likeness (QED) is 0.479. The summed E-state index contributed by atoms with van der Waals surface area (Å²) in [4.78, 5) is 21.4. The van der Waals surface area contributed by atoms with Crippen LogP contribution in [-0.4, -0.2) is 20.7 Å². The Bertz CT molecular complexity index is 537. The summed E-state index contributed by atoms with van der Waals surface area (Å²) in [6.45, 7) is 10.2. The highest BCUT2D eigenvalue weighted by molar-refractivity contribution is 5.35. The van der Waals surface area contributed by atoms with Crippen LogP contribution in [0.15, 0.2) is 23.4 Å². The summed E-state index contributed by atoms with van der Waals surface area (Å²) in [7, 11) is 0. The van der Waals surface area contributed by atoms with Gasteiger partial charge in [0.1, 0.15) is 0 Å². The Kier molecular flexibility index (Phi) is 4.04. The van der Waals surface area contributed by atoms with E-state index in [1.165, 1.54) is 6.08 Å². The van der Waals surface area contributed by atoms with E-state index in [4.69, 9.17) is 0 Å². The van der Waals surface area contributed by atoms with Gasteiger partial charge in [-0.2, -0.15) is 0 Å². The van der Waals surface area contributed by atoms with Crippen molar-refractivity contribution in [1.29, 1.82) is 0 Å². The van der Waals surface area contributed by atoms with Crippen molar-refractivity contribution in [3.8, 4) is 0 Å². The molecule has 7 heteroatoms. The van der Waals surface area contributed by atoms with Crippen LogP contribution in [0, 0.1) is 37.0 Å². The molecule has 0 radical (unpaired) electrons. The standard InChI is InChI=1S/C14H22N2O5/c1-12(2,3)10-7-9(15(18)19)8-11(13(4,5)6)14(10,17)16(20)21/h7-8,10,17H,1-6H3. The fourth-order valence-corrected chi connectivity index (χ4v) is 2.70. The molecule has 1 aliphatic carbocycles. The van der Waals surface area contributed by atoms with Gasteiger partial charge in [0.05, 0.1) is 15.8 Å². The fraction of sp³-hybridized carbons (Fsp3) is 0.714. The van der Waals surface area contributed by atoms with Crippen LogP contribution < -0.4 is 0 Å². The second-order valence-corrected chi connectivity index (χ2v) is 7.48. The highest BCUT2D eigenvalue weighted by atomic mass is 16.7. The lowest BCUT2D eigenvalue weighted by Gasteiger charge is -2.41. The van der Waals surface area contributed by atoms with Gasteiger partial charge < -0.3 is 5.11 Å². The molecule has 0 saturated carbocycles. The molecule has 1 aliphatic rings. The molecule has 0 amide bonds. The molecule has 0 aromatic rings. The molecule has 0 bridgehead atoms. The van der Waals surface area contributed by atoms with Crippen molar-refractivity contribution < 1.29 is 15.0 Å². The minimum absolute atomic E-state index is 0.0501. The average molecular weight is 298 g/mol. The highest BCUT2D eigenvalue weighted by Crippen LogP contribution is 2.48. The van der Waals surface area contributed by atoms with E-state index in [9.17, 15) is 25.3 Å². The maximum atomic E-state index is 11.6. The van der Waals surface area contributed by atoms with Crippen molar-refractivity contribution in [2.45, 2.75) is 47.3 Å². The molecule has 0 aliphatic heterocycles. The van der Waals surface area contributed by atoms with E-state index in [1.807, 2.05) is 0 Å². The van der Waals surface area contributed by atoms with Crippen LogP contribution in [0.2, 0.25) is 0 Å². The van der Waals surface area contributed by atoms with E-state index in [0.29, 0.717) is 0 Å². The summed E-state index contributed by atoms with van der Waals surface area (Å²) in [5.74, 6) is -1.00. The van der Waals surface area contributed by atoms with E-state index in [-0.39, 0.29) is 11.3 Å². The van der Waals surface area contributed by atoms with Crippen LogP contribution in [0.4, 0.5) is 0 Å². The van der Waals surface area contributed by atoms with Gasteiger partial charge in [-0.15, -0.1) is 0 Å². The lowest BCUT2D eigenvalue weighted by Crippen LogP contribution is -2.55. The topological polar surface area (TPSA) is 107 Å². The van der Waals surface area contributed by atoms with Gasteiger partial charge in [0.2, 0.25) is 0 Å². The lowest BCUT2D eigenvalue weighted by molar-refractivity contribution is -0.626. The van der Waals surface area contributed by atoms with E-state index in [0.717, 1.165) is 6.08 Å². The molecule has 1 N–H and O–H groups in total. The number of nitro groups is 2. The third-order valence-electron chi connectivity index (χ3n) is 3.69. The average Bonchev–Trinajstić information content (AvgIpc) is 2.25. The Morgan fingerprint density at radius 2 is 1.62 bits per heavy atom. The van der Waals surface area contributed by atoms with Crippen molar-refractivity contribution in [2.75, 3.05) is 0 Å². The first kappa shape index (κ1) is 17.3. The zero-order valence-electron chi connectivity index (χ0n) is 13.2. The monoisotopic (exact) mass is 298 g/mol. The number of aliphatic hydroxyl groups is 1. The second kappa shape index (κ2) is 4.91. The zero-order chi connectivity index (χ0) is 16.8. The number of nitrogens with zero attached hydrogens (tertiary/aromatic N) is 2. The number of rotatable bonds is 2. The number of allylic oxidation sites excluding steroid dienone is 1. The summed E-state index contributed by atoms with van der Waals surface area (Å²) in [6.07, 6.45) is 2.32. The van der Waals surface area contributed by atoms with E-state index in [1.54, 1.807) is 41.5 Å². The molecule has 1 rings (SSSR count). The molecule has 2 unspecified atom stereocenters. The summed E-state index contributed by atoms with van der Waals surface area (Å²) in [5, 5.41) is 33.5. The second-order valence-electron chi connectivity index (χ2n) is 7.48.